The quantitative estimate of drug-likeness (QED) is 0.875. The summed E-state index contributed by atoms with van der Waals surface area (Å²) >= 11 is 0. The summed E-state index contributed by atoms with van der Waals surface area (Å²) in [6.07, 6.45) is 0. The van der Waals surface area contributed by atoms with E-state index < -0.39 is 10.8 Å². The van der Waals surface area contributed by atoms with Gasteiger partial charge in [-0.15, -0.1) is 0 Å². The molecule has 0 bridgehead atoms. The average Bonchev–Trinajstić information content (AvgIpc) is 2.39. The lowest BCUT2D eigenvalue weighted by atomic mass is 10.2. The number of methoxy groups -OCH3 is 1. The van der Waals surface area contributed by atoms with Gasteiger partial charge in [0.05, 0.1) is 23.7 Å². The third kappa shape index (κ3) is 3.32. The van der Waals surface area contributed by atoms with Crippen LogP contribution in [0.2, 0.25) is 0 Å². The van der Waals surface area contributed by atoms with Crippen molar-refractivity contribution in [1.82, 2.24) is 0 Å². The molecule has 2 rings (SSSR count). The van der Waals surface area contributed by atoms with Crippen LogP contribution in [0, 0.1) is 5.82 Å². The summed E-state index contributed by atoms with van der Waals surface area (Å²) in [6, 6.07) is 10.8. The van der Waals surface area contributed by atoms with E-state index in [9.17, 15) is 8.60 Å². The molecule has 5 heteroatoms. The van der Waals surface area contributed by atoms with Gasteiger partial charge < -0.3 is 10.5 Å². The van der Waals surface area contributed by atoms with Crippen LogP contribution in [0.5, 0.6) is 5.75 Å². The van der Waals surface area contributed by atoms with Gasteiger partial charge in [-0.1, -0.05) is 0 Å². The summed E-state index contributed by atoms with van der Waals surface area (Å²) < 4.78 is 30.2. The maximum atomic E-state index is 12.8. The predicted octanol–water partition coefficient (Wildman–Crippen LogP) is 2.72. The van der Waals surface area contributed by atoms with E-state index in [-0.39, 0.29) is 11.6 Å². The number of nitrogen functional groups attached to an aromatic ring is 1. The number of ether oxygens (including phenoxy) is 1. The van der Waals surface area contributed by atoms with E-state index in [4.69, 9.17) is 10.5 Å². The molecule has 2 aromatic rings. The first-order valence-electron chi connectivity index (χ1n) is 5.66. The minimum Gasteiger partial charge on any atom is -0.496 e. The zero-order valence-electron chi connectivity index (χ0n) is 10.4. The first-order valence-corrected chi connectivity index (χ1v) is 6.98. The monoisotopic (exact) mass is 279 g/mol. The molecule has 2 aromatic carbocycles. The zero-order valence-corrected chi connectivity index (χ0v) is 11.2. The van der Waals surface area contributed by atoms with Crippen molar-refractivity contribution >= 4 is 16.5 Å². The minimum absolute atomic E-state index is 0.278. The molecule has 0 amide bonds. The van der Waals surface area contributed by atoms with Gasteiger partial charge in [0.25, 0.3) is 0 Å². The Labute approximate surface area is 113 Å². The molecule has 0 aliphatic heterocycles. The zero-order chi connectivity index (χ0) is 13.8. The standard InChI is InChI=1S/C14H14FNO2S/c1-18-14-7-4-12(16)8-10(14)9-19(17)13-5-2-11(15)3-6-13/h2-8H,9,16H2,1H3. The minimum atomic E-state index is -1.27. The Bertz CT molecular complexity index is 599. The summed E-state index contributed by atoms with van der Waals surface area (Å²) in [6.45, 7) is 0. The molecule has 0 heterocycles. The van der Waals surface area contributed by atoms with E-state index in [1.165, 1.54) is 24.3 Å². The van der Waals surface area contributed by atoms with E-state index in [2.05, 4.69) is 0 Å². The van der Waals surface area contributed by atoms with Crippen molar-refractivity contribution in [2.45, 2.75) is 10.6 Å². The fourth-order valence-electron chi connectivity index (χ4n) is 1.72. The number of rotatable bonds is 4. The molecule has 0 aliphatic carbocycles. The van der Waals surface area contributed by atoms with Gasteiger partial charge in [0, 0.05) is 16.1 Å². The van der Waals surface area contributed by atoms with Crippen LogP contribution >= 0.6 is 0 Å². The first-order chi connectivity index (χ1) is 9.10. The van der Waals surface area contributed by atoms with Crippen LogP contribution in [0.15, 0.2) is 47.4 Å². The highest BCUT2D eigenvalue weighted by Crippen LogP contribution is 2.24. The largest absolute Gasteiger partial charge is 0.496 e. The molecule has 0 aliphatic rings. The van der Waals surface area contributed by atoms with Gasteiger partial charge in [0.2, 0.25) is 0 Å². The molecule has 0 aromatic heterocycles. The van der Waals surface area contributed by atoms with Crippen LogP contribution in [0.1, 0.15) is 5.56 Å². The van der Waals surface area contributed by atoms with E-state index in [1.807, 2.05) is 0 Å². The first kappa shape index (κ1) is 13.5. The van der Waals surface area contributed by atoms with Crippen molar-refractivity contribution in [3.8, 4) is 5.75 Å². The maximum absolute atomic E-state index is 12.8. The Balaban J connectivity index is 2.23. The Morgan fingerprint density at radius 3 is 2.53 bits per heavy atom. The molecule has 100 valence electrons. The molecule has 19 heavy (non-hydrogen) atoms. The maximum Gasteiger partial charge on any atom is 0.123 e. The van der Waals surface area contributed by atoms with Crippen molar-refractivity contribution in [3.05, 3.63) is 53.8 Å². The van der Waals surface area contributed by atoms with Gasteiger partial charge in [-0.25, -0.2) is 4.39 Å². The summed E-state index contributed by atoms with van der Waals surface area (Å²) in [5.41, 5.74) is 7.07. The fourth-order valence-corrected chi connectivity index (χ4v) is 2.84. The molecule has 0 saturated heterocycles. The van der Waals surface area contributed by atoms with Crippen LogP contribution in [-0.2, 0) is 16.6 Å². The number of hydrogen-bond acceptors (Lipinski definition) is 3. The van der Waals surface area contributed by atoms with Crippen LogP contribution in [0.25, 0.3) is 0 Å². The highest BCUT2D eigenvalue weighted by molar-refractivity contribution is 7.84. The SMILES string of the molecule is COc1ccc(N)cc1CS(=O)c1ccc(F)cc1. The lowest BCUT2D eigenvalue weighted by Crippen LogP contribution is -2.00. The van der Waals surface area contributed by atoms with Crippen molar-refractivity contribution in [2.75, 3.05) is 12.8 Å². The van der Waals surface area contributed by atoms with Gasteiger partial charge >= 0.3 is 0 Å². The van der Waals surface area contributed by atoms with Crippen molar-refractivity contribution in [1.29, 1.82) is 0 Å². The van der Waals surface area contributed by atoms with Crippen LogP contribution in [0.4, 0.5) is 10.1 Å². The highest BCUT2D eigenvalue weighted by Gasteiger charge is 2.10. The smallest absolute Gasteiger partial charge is 0.123 e. The number of anilines is 1. The molecule has 0 saturated carbocycles. The second kappa shape index (κ2) is 5.84. The van der Waals surface area contributed by atoms with E-state index in [0.717, 1.165) is 5.56 Å². The molecule has 0 fully saturated rings. The number of halogens is 1. The van der Waals surface area contributed by atoms with Crippen LogP contribution in [0.3, 0.4) is 0 Å². The summed E-state index contributed by atoms with van der Waals surface area (Å²) in [5.74, 6) is 0.576. The normalized spacial score (nSPS) is 12.1. The Kier molecular flexibility index (Phi) is 4.16. The molecular weight excluding hydrogens is 265 g/mol. The fraction of sp³-hybridized carbons (Fsp3) is 0.143. The second-order valence-corrected chi connectivity index (χ2v) is 5.47. The third-order valence-corrected chi connectivity index (χ3v) is 4.04. The molecule has 3 nitrogen and oxygen atoms in total. The van der Waals surface area contributed by atoms with Crippen molar-refractivity contribution < 1.29 is 13.3 Å². The molecule has 1 atom stereocenters. The van der Waals surface area contributed by atoms with Crippen molar-refractivity contribution in [3.63, 3.8) is 0 Å². The summed E-state index contributed by atoms with van der Waals surface area (Å²) in [7, 11) is 0.286. The van der Waals surface area contributed by atoms with E-state index in [0.29, 0.717) is 16.3 Å². The number of nitrogens with two attached hydrogens (primary N) is 1. The predicted molar refractivity (Wildman–Crippen MR) is 73.9 cm³/mol. The van der Waals surface area contributed by atoms with Gasteiger partial charge in [0.1, 0.15) is 11.6 Å². The second-order valence-electron chi connectivity index (χ2n) is 4.02. The van der Waals surface area contributed by atoms with Gasteiger partial charge in [-0.2, -0.15) is 0 Å². The molecule has 0 radical (unpaired) electrons. The van der Waals surface area contributed by atoms with Gasteiger partial charge in [-0.3, -0.25) is 4.21 Å². The molecule has 0 spiro atoms. The Morgan fingerprint density at radius 1 is 1.21 bits per heavy atom. The van der Waals surface area contributed by atoms with Gasteiger partial charge in [0.15, 0.2) is 0 Å². The topological polar surface area (TPSA) is 52.3 Å². The van der Waals surface area contributed by atoms with E-state index >= 15 is 0 Å². The summed E-state index contributed by atoms with van der Waals surface area (Å²) in [5, 5.41) is 0. The lowest BCUT2D eigenvalue weighted by Gasteiger charge is -2.09. The number of benzene rings is 2. The Morgan fingerprint density at radius 2 is 1.89 bits per heavy atom. The lowest BCUT2D eigenvalue weighted by molar-refractivity contribution is 0.411. The Hall–Kier alpha value is -1.88. The van der Waals surface area contributed by atoms with Crippen LogP contribution in [-0.4, -0.2) is 11.3 Å². The third-order valence-electron chi connectivity index (χ3n) is 2.67. The van der Waals surface area contributed by atoms with Gasteiger partial charge in [-0.05, 0) is 42.5 Å². The highest BCUT2D eigenvalue weighted by atomic mass is 32.2. The van der Waals surface area contributed by atoms with E-state index in [1.54, 1.807) is 25.3 Å². The number of hydrogen-bond donors (Lipinski definition) is 1. The molecular formula is C14H14FNO2S. The average molecular weight is 279 g/mol. The molecule has 1 unspecified atom stereocenters. The van der Waals surface area contributed by atoms with Crippen LogP contribution < -0.4 is 10.5 Å². The van der Waals surface area contributed by atoms with Crippen molar-refractivity contribution in [2.24, 2.45) is 0 Å². The summed E-state index contributed by atoms with van der Waals surface area (Å²) in [4.78, 5) is 0.575. The molecule has 2 N–H and O–H groups in total.